The van der Waals surface area contributed by atoms with Crippen molar-refractivity contribution >= 4 is 7.60 Å². The summed E-state index contributed by atoms with van der Waals surface area (Å²) in [5.74, 6) is -0.207. The lowest BCUT2D eigenvalue weighted by atomic mass is 9.98. The quantitative estimate of drug-likeness (QED) is 0.234. The van der Waals surface area contributed by atoms with Crippen LogP contribution in [-0.2, 0) is 27.8 Å². The molecular weight excluding hydrogens is 467 g/mol. The molecule has 188 valence electrons. The molecule has 12 nitrogen and oxygen atoms in total. The SMILES string of the molecule is [C-]#[N+]CCOP(=O)(CC[C@H]1O[C@@H](n2cc(C)c(=O)[nH]c2=O)[C@H](OCCOC)[C@@H]1C)OCC[N+]#[C-]. The molecule has 1 N–H and O–H groups in total. The number of nitrogens with one attached hydrogen (secondary N) is 1. The molecule has 0 spiro atoms. The lowest BCUT2D eigenvalue weighted by Gasteiger charge is -2.23. The fourth-order valence-corrected chi connectivity index (χ4v) is 5.21. The predicted octanol–water partition coefficient (Wildman–Crippen LogP) is 1.87. The number of ether oxygens (including phenoxy) is 3. The number of H-pyrrole nitrogens is 1. The van der Waals surface area contributed by atoms with E-state index in [1.807, 2.05) is 6.92 Å². The van der Waals surface area contributed by atoms with Gasteiger partial charge < -0.3 is 32.9 Å². The molecule has 1 fully saturated rings. The van der Waals surface area contributed by atoms with E-state index in [-0.39, 0.29) is 51.4 Å². The number of rotatable bonds is 14. The molecule has 0 amide bonds. The summed E-state index contributed by atoms with van der Waals surface area (Å²) < 4.78 is 42.4. The molecule has 1 aromatic rings. The summed E-state index contributed by atoms with van der Waals surface area (Å²) in [5, 5.41) is 0. The topological polar surface area (TPSA) is 127 Å². The van der Waals surface area contributed by atoms with Gasteiger partial charge in [0.15, 0.2) is 6.23 Å². The Kier molecular flexibility index (Phi) is 11.1. The molecule has 1 aliphatic heterocycles. The second kappa shape index (κ2) is 13.5. The lowest BCUT2D eigenvalue weighted by molar-refractivity contribution is -0.0744. The summed E-state index contributed by atoms with van der Waals surface area (Å²) >= 11 is 0. The molecule has 1 aromatic heterocycles. The molecule has 2 heterocycles. The van der Waals surface area contributed by atoms with E-state index >= 15 is 0 Å². The first-order valence-corrected chi connectivity index (χ1v) is 12.6. The highest BCUT2D eigenvalue weighted by molar-refractivity contribution is 7.53. The smallest absolute Gasteiger partial charge is 0.331 e. The van der Waals surface area contributed by atoms with E-state index in [1.54, 1.807) is 14.0 Å². The average molecular weight is 498 g/mol. The van der Waals surface area contributed by atoms with Crippen LogP contribution in [0.3, 0.4) is 0 Å². The minimum Gasteiger partial charge on any atom is -0.382 e. The van der Waals surface area contributed by atoms with Crippen molar-refractivity contribution in [2.45, 2.75) is 38.7 Å². The Morgan fingerprint density at radius 2 is 1.79 bits per heavy atom. The zero-order valence-electron chi connectivity index (χ0n) is 19.6. The van der Waals surface area contributed by atoms with E-state index in [1.165, 1.54) is 10.8 Å². The number of aryl methyl sites for hydroxylation is 1. The van der Waals surface area contributed by atoms with Gasteiger partial charge in [0.25, 0.3) is 5.56 Å². The molecule has 34 heavy (non-hydrogen) atoms. The Bertz CT molecular complexity index is 1020. The van der Waals surface area contributed by atoms with Crippen molar-refractivity contribution < 1.29 is 27.8 Å². The van der Waals surface area contributed by atoms with Gasteiger partial charge in [-0.15, -0.1) is 0 Å². The van der Waals surface area contributed by atoms with Crippen molar-refractivity contribution in [1.29, 1.82) is 0 Å². The summed E-state index contributed by atoms with van der Waals surface area (Å²) in [4.78, 5) is 32.9. The van der Waals surface area contributed by atoms with Gasteiger partial charge in [0.2, 0.25) is 13.1 Å². The molecule has 1 saturated heterocycles. The van der Waals surface area contributed by atoms with Gasteiger partial charge >= 0.3 is 13.3 Å². The van der Waals surface area contributed by atoms with E-state index in [2.05, 4.69) is 14.7 Å². The molecule has 1 aliphatic rings. The highest BCUT2D eigenvalue weighted by Gasteiger charge is 2.45. The van der Waals surface area contributed by atoms with Crippen LogP contribution >= 0.6 is 7.60 Å². The summed E-state index contributed by atoms with van der Waals surface area (Å²) in [6.07, 6.45) is -0.0985. The highest BCUT2D eigenvalue weighted by Crippen LogP contribution is 2.50. The zero-order chi connectivity index (χ0) is 25.1. The van der Waals surface area contributed by atoms with Crippen LogP contribution < -0.4 is 11.2 Å². The Labute approximate surface area is 198 Å². The Morgan fingerprint density at radius 3 is 2.38 bits per heavy atom. The first-order valence-electron chi connectivity index (χ1n) is 10.9. The van der Waals surface area contributed by atoms with Crippen molar-refractivity contribution in [3.63, 3.8) is 0 Å². The minimum atomic E-state index is -3.56. The van der Waals surface area contributed by atoms with Crippen LogP contribution in [0.4, 0.5) is 0 Å². The van der Waals surface area contributed by atoms with Crippen LogP contribution in [0, 0.1) is 26.0 Å². The van der Waals surface area contributed by atoms with Crippen LogP contribution in [-0.4, -0.2) is 74.5 Å². The fourth-order valence-electron chi connectivity index (χ4n) is 3.59. The van der Waals surface area contributed by atoms with Gasteiger partial charge in [0.05, 0.1) is 25.5 Å². The summed E-state index contributed by atoms with van der Waals surface area (Å²) in [6, 6.07) is 0. The molecule has 0 saturated carbocycles. The maximum atomic E-state index is 13.2. The van der Waals surface area contributed by atoms with Crippen molar-refractivity contribution in [3.8, 4) is 0 Å². The third kappa shape index (κ3) is 7.60. The summed E-state index contributed by atoms with van der Waals surface area (Å²) in [7, 11) is -2.01. The third-order valence-electron chi connectivity index (χ3n) is 5.39. The van der Waals surface area contributed by atoms with E-state index in [4.69, 9.17) is 36.4 Å². The number of hydrogen-bond acceptors (Lipinski definition) is 8. The van der Waals surface area contributed by atoms with Crippen molar-refractivity contribution in [2.75, 3.05) is 52.8 Å². The van der Waals surface area contributed by atoms with E-state index in [0.29, 0.717) is 12.2 Å². The van der Waals surface area contributed by atoms with Crippen LogP contribution in [0.25, 0.3) is 9.69 Å². The average Bonchev–Trinajstić information content (AvgIpc) is 3.11. The molecule has 0 unspecified atom stereocenters. The molecule has 2 rings (SSSR count). The van der Waals surface area contributed by atoms with Crippen LogP contribution in [0.15, 0.2) is 15.8 Å². The van der Waals surface area contributed by atoms with Gasteiger partial charge in [-0.25, -0.2) is 17.9 Å². The largest absolute Gasteiger partial charge is 0.382 e. The van der Waals surface area contributed by atoms with Crippen LogP contribution in [0.2, 0.25) is 0 Å². The van der Waals surface area contributed by atoms with Crippen LogP contribution in [0.5, 0.6) is 0 Å². The number of methoxy groups -OCH3 is 1. The Balaban J connectivity index is 2.21. The van der Waals surface area contributed by atoms with Crippen molar-refractivity contribution in [1.82, 2.24) is 9.55 Å². The normalized spacial score (nSPS) is 22.4. The fraction of sp³-hybridized carbons (Fsp3) is 0.714. The second-order valence-electron chi connectivity index (χ2n) is 7.78. The number of aromatic amines is 1. The van der Waals surface area contributed by atoms with Gasteiger partial charge in [-0.05, 0) is 13.3 Å². The van der Waals surface area contributed by atoms with Crippen LogP contribution in [0.1, 0.15) is 25.1 Å². The van der Waals surface area contributed by atoms with E-state index in [9.17, 15) is 14.2 Å². The van der Waals surface area contributed by atoms with Gasteiger partial charge in [0.1, 0.15) is 19.3 Å². The zero-order valence-corrected chi connectivity index (χ0v) is 20.5. The summed E-state index contributed by atoms with van der Waals surface area (Å²) in [6.45, 7) is 17.8. The maximum Gasteiger partial charge on any atom is 0.331 e. The lowest BCUT2D eigenvalue weighted by Crippen LogP contribution is -2.38. The van der Waals surface area contributed by atoms with Crippen molar-refractivity contribution in [2.24, 2.45) is 5.92 Å². The standard InChI is InChI=1S/C21H31N4O8P/c1-15-14-25(21(27)24-19(15)26)20-18(30-12-11-29-5)16(2)17(33-20)6-13-34(28,31-9-7-22-3)32-10-8-23-4/h14,16-18,20H,6-13H2,1-2,5H3,(H,24,26,27)/t16-,17-,18-,20-/m1/s1. The number of aromatic nitrogens is 2. The molecule has 4 atom stereocenters. The maximum absolute atomic E-state index is 13.2. The Hall–Kier alpha value is -2.31. The van der Waals surface area contributed by atoms with E-state index < -0.39 is 37.3 Å². The molecule has 13 heteroatoms. The van der Waals surface area contributed by atoms with Gasteiger partial charge in [-0.1, -0.05) is 6.92 Å². The van der Waals surface area contributed by atoms with Gasteiger partial charge in [-0.3, -0.25) is 18.9 Å². The molecule has 0 radical (unpaired) electrons. The second-order valence-corrected chi connectivity index (χ2v) is 9.97. The molecule has 0 aromatic carbocycles. The first-order chi connectivity index (χ1) is 16.3. The van der Waals surface area contributed by atoms with Gasteiger partial charge in [-0.2, -0.15) is 0 Å². The monoisotopic (exact) mass is 498 g/mol. The third-order valence-corrected chi connectivity index (χ3v) is 7.35. The van der Waals surface area contributed by atoms with Gasteiger partial charge in [0, 0.05) is 24.8 Å². The summed E-state index contributed by atoms with van der Waals surface area (Å²) in [5.41, 5.74) is -0.750. The Morgan fingerprint density at radius 1 is 1.15 bits per heavy atom. The predicted molar refractivity (Wildman–Crippen MR) is 123 cm³/mol. The molecule has 0 aliphatic carbocycles. The molecule has 0 bridgehead atoms. The van der Waals surface area contributed by atoms with E-state index in [0.717, 1.165) is 0 Å². The van der Waals surface area contributed by atoms with Crippen molar-refractivity contribution in [3.05, 3.63) is 55.4 Å². The number of hydrogen-bond donors (Lipinski definition) is 1. The molecular formula is C21H31N4O8P. The highest BCUT2D eigenvalue weighted by atomic mass is 31.2. The minimum absolute atomic E-state index is 0.00900. The first kappa shape index (κ1) is 27.9. The number of nitrogens with zero attached hydrogens (tertiary/aromatic N) is 3.